The maximum Gasteiger partial charge on any atom is 0.250 e. The average molecular weight is 525 g/mol. The summed E-state index contributed by atoms with van der Waals surface area (Å²) >= 11 is 0. The molecule has 0 radical (unpaired) electrons. The van der Waals surface area contributed by atoms with Gasteiger partial charge in [0.15, 0.2) is 0 Å². The van der Waals surface area contributed by atoms with Gasteiger partial charge in [0.2, 0.25) is 5.91 Å². The number of nitrogen functional groups attached to an aromatic ring is 1. The van der Waals surface area contributed by atoms with Gasteiger partial charge in [0, 0.05) is 42.9 Å². The van der Waals surface area contributed by atoms with Crippen LogP contribution in [0.15, 0.2) is 48.8 Å². The molecule has 1 aromatic carbocycles. The zero-order valence-electron chi connectivity index (χ0n) is 22.7. The third-order valence-corrected chi connectivity index (χ3v) is 8.80. The molecule has 1 saturated carbocycles. The number of nitrogens with two attached hydrogens (primary N) is 1. The first-order valence-corrected chi connectivity index (χ1v) is 13.9. The van der Waals surface area contributed by atoms with Gasteiger partial charge >= 0.3 is 0 Å². The Morgan fingerprint density at radius 1 is 1.08 bits per heavy atom. The monoisotopic (exact) mass is 524 g/mol. The van der Waals surface area contributed by atoms with Crippen molar-refractivity contribution in [2.75, 3.05) is 24.1 Å². The number of benzene rings is 1. The highest BCUT2D eigenvalue weighted by Gasteiger charge is 2.37. The fourth-order valence-corrected chi connectivity index (χ4v) is 6.81. The number of fused-ring (bicyclic) bond motifs is 3. The molecule has 2 amide bonds. The van der Waals surface area contributed by atoms with Gasteiger partial charge in [-0.3, -0.25) is 9.59 Å². The number of nitrogens with zero attached hydrogens (tertiary/aromatic N) is 4. The number of aromatic nitrogens is 3. The molecule has 6 rings (SSSR count). The summed E-state index contributed by atoms with van der Waals surface area (Å²) in [6, 6.07) is 7.77. The molecule has 3 atom stereocenters. The first-order chi connectivity index (χ1) is 18.8. The van der Waals surface area contributed by atoms with Crippen LogP contribution in [0.25, 0.3) is 27.9 Å². The Bertz CT molecular complexity index is 1490. The number of hydrogen-bond acceptors (Lipinski definition) is 5. The van der Waals surface area contributed by atoms with Crippen molar-refractivity contribution in [3.05, 3.63) is 54.4 Å². The lowest BCUT2D eigenvalue weighted by atomic mass is 9.83. The van der Waals surface area contributed by atoms with Crippen LogP contribution in [0.3, 0.4) is 0 Å². The predicted molar refractivity (Wildman–Crippen MR) is 155 cm³/mol. The van der Waals surface area contributed by atoms with Crippen LogP contribution in [-0.4, -0.2) is 44.3 Å². The minimum absolute atomic E-state index is 0.0366. The fourth-order valence-electron chi connectivity index (χ4n) is 6.81. The lowest BCUT2D eigenvalue weighted by Crippen LogP contribution is -2.44. The zero-order chi connectivity index (χ0) is 27.3. The highest BCUT2D eigenvalue weighted by atomic mass is 16.2. The third kappa shape index (κ3) is 4.62. The summed E-state index contributed by atoms with van der Waals surface area (Å²) in [6.07, 6.45) is 9.93. The number of likely N-dealkylation sites (tertiary alicyclic amines) is 1. The summed E-state index contributed by atoms with van der Waals surface area (Å²) in [6.45, 7) is 7.26. The number of piperidine rings is 1. The van der Waals surface area contributed by atoms with Crippen molar-refractivity contribution in [2.24, 2.45) is 24.8 Å². The van der Waals surface area contributed by atoms with Gasteiger partial charge in [0.25, 0.3) is 5.91 Å². The zero-order valence-corrected chi connectivity index (χ0v) is 22.7. The van der Waals surface area contributed by atoms with Crippen LogP contribution in [-0.2, 0) is 16.6 Å². The van der Waals surface area contributed by atoms with Crippen LogP contribution in [0.5, 0.6) is 0 Å². The minimum Gasteiger partial charge on any atom is -0.383 e. The molecule has 1 saturated heterocycles. The highest BCUT2D eigenvalue weighted by molar-refractivity contribution is 6.05. The lowest BCUT2D eigenvalue weighted by molar-refractivity contribution is -0.137. The Kier molecular flexibility index (Phi) is 6.49. The van der Waals surface area contributed by atoms with Crippen molar-refractivity contribution in [3.8, 4) is 11.3 Å². The number of rotatable bonds is 5. The quantitative estimate of drug-likeness (QED) is 0.448. The maximum absolute atomic E-state index is 13.4. The van der Waals surface area contributed by atoms with E-state index in [1.54, 1.807) is 6.92 Å². The van der Waals surface area contributed by atoms with Crippen LogP contribution in [0.2, 0.25) is 0 Å². The molecule has 1 aliphatic heterocycles. The number of anilines is 2. The smallest absolute Gasteiger partial charge is 0.250 e. The normalized spacial score (nSPS) is 22.6. The Morgan fingerprint density at radius 2 is 1.79 bits per heavy atom. The second-order valence-electron chi connectivity index (χ2n) is 11.5. The molecule has 3 heterocycles. The average Bonchev–Trinajstić information content (AvgIpc) is 3.44. The lowest BCUT2D eigenvalue weighted by Gasteiger charge is -2.35. The van der Waals surface area contributed by atoms with Gasteiger partial charge < -0.3 is 20.5 Å². The van der Waals surface area contributed by atoms with E-state index in [4.69, 9.17) is 5.73 Å². The van der Waals surface area contributed by atoms with Crippen molar-refractivity contribution in [1.29, 1.82) is 0 Å². The van der Waals surface area contributed by atoms with Crippen molar-refractivity contribution in [1.82, 2.24) is 19.4 Å². The molecular weight excluding hydrogens is 488 g/mol. The van der Waals surface area contributed by atoms with Gasteiger partial charge in [-0.05, 0) is 80.6 Å². The Balaban J connectivity index is 1.32. The Hall–Kier alpha value is -3.94. The second-order valence-corrected chi connectivity index (χ2v) is 11.5. The van der Waals surface area contributed by atoms with Crippen molar-refractivity contribution >= 4 is 39.9 Å². The Labute approximate surface area is 229 Å². The summed E-state index contributed by atoms with van der Waals surface area (Å²) in [4.78, 5) is 36.5. The second kappa shape index (κ2) is 9.98. The van der Waals surface area contributed by atoms with Crippen molar-refractivity contribution in [3.63, 3.8) is 0 Å². The van der Waals surface area contributed by atoms with E-state index < -0.39 is 0 Å². The van der Waals surface area contributed by atoms with Gasteiger partial charge in [-0.1, -0.05) is 24.8 Å². The molecule has 8 nitrogen and oxygen atoms in total. The van der Waals surface area contributed by atoms with E-state index in [0.29, 0.717) is 34.8 Å². The number of amides is 2. The Morgan fingerprint density at radius 3 is 2.44 bits per heavy atom. The number of hydrogen-bond donors (Lipinski definition) is 2. The fraction of sp³-hybridized carbons (Fsp3) is 0.419. The number of allylic oxidation sites excluding steroid dienone is 2. The first kappa shape index (κ1) is 25.3. The van der Waals surface area contributed by atoms with E-state index in [-0.39, 0.29) is 11.8 Å². The number of nitrogens with one attached hydrogen (secondary N) is 1. The molecule has 2 aromatic heterocycles. The summed E-state index contributed by atoms with van der Waals surface area (Å²) in [5.74, 6) is 2.01. The van der Waals surface area contributed by atoms with Crippen LogP contribution in [0.4, 0.5) is 11.5 Å². The number of carbonyl (C=O) groups excluding carboxylic acids is 2. The van der Waals surface area contributed by atoms with Gasteiger partial charge in [0.05, 0.1) is 11.1 Å². The van der Waals surface area contributed by atoms with Crippen LogP contribution < -0.4 is 11.1 Å². The highest BCUT2D eigenvalue weighted by Crippen LogP contribution is 2.44. The standard InChI is InChI=1S/C31H36N6O2/c1-18(2)30(38)35-24-12-10-22(11-13-24)27-25(26-28(32)33-17-34-29(26)36(27)3)21-6-8-23(9-7-21)31(39)37-15-19-4-5-20(14-19)16-37/h6,10-13,17,19-20,23H,1,4-5,7-9,14-16H2,2-3H3,(H,35,38)(H2,32,33,34)/t19?,20?,23-/m0/s1. The summed E-state index contributed by atoms with van der Waals surface area (Å²) in [5.41, 5.74) is 12.6. The SMILES string of the molecule is C=C(C)C(=O)Nc1ccc(-c2c(C3=CC[C@H](C(=O)N4CC5CCC(C5)C4)CC3)c3c(N)ncnc3n2C)cc1. The molecule has 3 N–H and O–H groups in total. The number of aryl methyl sites for hydroxylation is 1. The van der Waals surface area contributed by atoms with E-state index in [2.05, 4.69) is 37.4 Å². The van der Waals surface area contributed by atoms with Gasteiger partial charge in [0.1, 0.15) is 17.8 Å². The molecule has 3 aromatic rings. The first-order valence-electron chi connectivity index (χ1n) is 13.9. The summed E-state index contributed by atoms with van der Waals surface area (Å²) in [7, 11) is 1.99. The molecule has 2 unspecified atom stereocenters. The topological polar surface area (TPSA) is 106 Å². The molecule has 8 heteroatoms. The molecule has 2 bridgehead atoms. The summed E-state index contributed by atoms with van der Waals surface area (Å²) < 4.78 is 2.06. The van der Waals surface area contributed by atoms with E-state index in [0.717, 1.165) is 60.2 Å². The van der Waals surface area contributed by atoms with Gasteiger partial charge in [-0.25, -0.2) is 9.97 Å². The van der Waals surface area contributed by atoms with E-state index >= 15 is 0 Å². The molecule has 3 aliphatic rings. The molecular formula is C31H36N6O2. The molecule has 39 heavy (non-hydrogen) atoms. The van der Waals surface area contributed by atoms with Crippen LogP contribution in [0.1, 0.15) is 51.0 Å². The van der Waals surface area contributed by atoms with Crippen molar-refractivity contribution < 1.29 is 9.59 Å². The van der Waals surface area contributed by atoms with Gasteiger partial charge in [-0.15, -0.1) is 0 Å². The third-order valence-electron chi connectivity index (χ3n) is 8.80. The molecule has 2 aliphatic carbocycles. The predicted octanol–water partition coefficient (Wildman–Crippen LogP) is 5.17. The van der Waals surface area contributed by atoms with Gasteiger partial charge in [-0.2, -0.15) is 0 Å². The largest absolute Gasteiger partial charge is 0.383 e. The molecule has 2 fully saturated rings. The molecule has 202 valence electrons. The van der Waals surface area contributed by atoms with E-state index in [9.17, 15) is 9.59 Å². The summed E-state index contributed by atoms with van der Waals surface area (Å²) in [5, 5.41) is 3.71. The van der Waals surface area contributed by atoms with Crippen molar-refractivity contribution in [2.45, 2.75) is 45.4 Å². The van der Waals surface area contributed by atoms with Crippen LogP contribution in [0, 0.1) is 17.8 Å². The number of carbonyl (C=O) groups is 2. The van der Waals surface area contributed by atoms with E-state index in [1.807, 2.05) is 31.3 Å². The molecule has 0 spiro atoms. The maximum atomic E-state index is 13.4. The minimum atomic E-state index is -0.204. The van der Waals surface area contributed by atoms with Crippen LogP contribution >= 0.6 is 0 Å². The van der Waals surface area contributed by atoms with E-state index in [1.165, 1.54) is 31.2 Å².